The molecule has 4 rings (SSSR count). The molecule has 3 aromatic carbocycles. The van der Waals surface area contributed by atoms with E-state index >= 15 is 0 Å². The molecule has 0 atom stereocenters. The number of benzene rings is 3. The van der Waals surface area contributed by atoms with Crippen LogP contribution in [0, 0.1) is 0 Å². The normalized spacial score (nSPS) is 14.3. The molecule has 6 nitrogen and oxygen atoms in total. The van der Waals surface area contributed by atoms with Crippen LogP contribution in [0.4, 0.5) is 11.4 Å². The van der Waals surface area contributed by atoms with Crippen LogP contribution in [0.3, 0.4) is 0 Å². The summed E-state index contributed by atoms with van der Waals surface area (Å²) in [5.74, 6) is -0.182. The Bertz CT molecular complexity index is 1230. The van der Waals surface area contributed by atoms with E-state index < -0.39 is 10.0 Å². The number of anilines is 2. The van der Waals surface area contributed by atoms with E-state index in [2.05, 4.69) is 9.62 Å². The highest BCUT2D eigenvalue weighted by molar-refractivity contribution is 7.92. The van der Waals surface area contributed by atoms with E-state index in [1.807, 2.05) is 24.3 Å². The molecule has 1 saturated heterocycles. The van der Waals surface area contributed by atoms with Crippen LogP contribution in [0.1, 0.15) is 10.4 Å². The number of carbonyl (C=O) groups excluding carboxylic acids is 1. The maximum Gasteiger partial charge on any atom is 0.261 e. The minimum Gasteiger partial charge on any atom is -0.368 e. The molecule has 0 bridgehead atoms. The first-order chi connectivity index (χ1) is 15.3. The van der Waals surface area contributed by atoms with Gasteiger partial charge in [0.25, 0.3) is 15.9 Å². The van der Waals surface area contributed by atoms with Gasteiger partial charge in [-0.3, -0.25) is 9.52 Å². The second-order valence-electron chi connectivity index (χ2n) is 7.37. The summed E-state index contributed by atoms with van der Waals surface area (Å²) in [7, 11) is -3.74. The molecular weight excluding hydrogens is 469 g/mol. The maximum absolute atomic E-state index is 13.0. The van der Waals surface area contributed by atoms with Gasteiger partial charge in [-0.1, -0.05) is 47.5 Å². The van der Waals surface area contributed by atoms with Crippen molar-refractivity contribution in [1.29, 1.82) is 0 Å². The van der Waals surface area contributed by atoms with Gasteiger partial charge < -0.3 is 9.80 Å². The topological polar surface area (TPSA) is 69.7 Å². The summed E-state index contributed by atoms with van der Waals surface area (Å²) in [4.78, 5) is 17.1. The zero-order valence-electron chi connectivity index (χ0n) is 17.0. The summed E-state index contributed by atoms with van der Waals surface area (Å²) in [6.07, 6.45) is 0. The first-order valence-electron chi connectivity index (χ1n) is 10.0. The van der Waals surface area contributed by atoms with Gasteiger partial charge in [0, 0.05) is 36.9 Å². The molecule has 1 fully saturated rings. The van der Waals surface area contributed by atoms with Crippen LogP contribution in [0.5, 0.6) is 0 Å². The SMILES string of the molecule is O=C(c1ccc(NS(=O)(=O)c2ccccc2)cc1Cl)N1CCN(c2cccc(Cl)c2)CC1. The number of amides is 1. The summed E-state index contributed by atoms with van der Waals surface area (Å²) in [5, 5.41) is 0.872. The lowest BCUT2D eigenvalue weighted by Crippen LogP contribution is -2.48. The van der Waals surface area contributed by atoms with E-state index in [4.69, 9.17) is 23.2 Å². The van der Waals surface area contributed by atoms with E-state index in [9.17, 15) is 13.2 Å². The van der Waals surface area contributed by atoms with Crippen LogP contribution in [-0.4, -0.2) is 45.4 Å². The molecule has 0 radical (unpaired) electrons. The van der Waals surface area contributed by atoms with Crippen LogP contribution < -0.4 is 9.62 Å². The highest BCUT2D eigenvalue weighted by Gasteiger charge is 2.24. The summed E-state index contributed by atoms with van der Waals surface area (Å²) in [6.45, 7) is 2.45. The first kappa shape index (κ1) is 22.5. The quantitative estimate of drug-likeness (QED) is 0.560. The minimum atomic E-state index is -3.74. The number of sulfonamides is 1. The Morgan fingerprint density at radius 2 is 1.56 bits per heavy atom. The molecule has 1 aliphatic heterocycles. The van der Waals surface area contributed by atoms with Crippen LogP contribution in [0.25, 0.3) is 0 Å². The molecule has 0 aliphatic carbocycles. The van der Waals surface area contributed by atoms with E-state index in [-0.39, 0.29) is 15.8 Å². The zero-order valence-corrected chi connectivity index (χ0v) is 19.4. The molecule has 9 heteroatoms. The monoisotopic (exact) mass is 489 g/mol. The number of nitrogens with one attached hydrogen (secondary N) is 1. The average Bonchev–Trinajstić information content (AvgIpc) is 2.79. The van der Waals surface area contributed by atoms with Crippen molar-refractivity contribution in [2.24, 2.45) is 0 Å². The number of halogens is 2. The smallest absolute Gasteiger partial charge is 0.261 e. The van der Waals surface area contributed by atoms with Gasteiger partial charge >= 0.3 is 0 Å². The van der Waals surface area contributed by atoms with Crippen molar-refractivity contribution in [1.82, 2.24) is 4.90 Å². The van der Waals surface area contributed by atoms with Crippen LogP contribution in [0.15, 0.2) is 77.7 Å². The number of carbonyl (C=O) groups is 1. The Balaban J connectivity index is 1.43. The molecule has 0 aromatic heterocycles. The summed E-state index contributed by atoms with van der Waals surface area (Å²) >= 11 is 12.4. The van der Waals surface area contributed by atoms with Gasteiger partial charge in [-0.2, -0.15) is 0 Å². The van der Waals surface area contributed by atoms with Gasteiger partial charge in [0.15, 0.2) is 0 Å². The van der Waals surface area contributed by atoms with Gasteiger partial charge in [0.2, 0.25) is 0 Å². The van der Waals surface area contributed by atoms with Gasteiger partial charge in [-0.25, -0.2) is 8.42 Å². The highest BCUT2D eigenvalue weighted by Crippen LogP contribution is 2.26. The number of piperazine rings is 1. The largest absolute Gasteiger partial charge is 0.368 e. The first-order valence-corrected chi connectivity index (χ1v) is 12.2. The highest BCUT2D eigenvalue weighted by atomic mass is 35.5. The molecule has 1 aliphatic rings. The third-order valence-corrected chi connectivity index (χ3v) is 7.19. The fourth-order valence-electron chi connectivity index (χ4n) is 3.58. The summed E-state index contributed by atoms with van der Waals surface area (Å²) < 4.78 is 27.5. The third-order valence-electron chi connectivity index (χ3n) is 5.25. The molecule has 0 saturated carbocycles. The fourth-order valence-corrected chi connectivity index (χ4v) is 5.09. The van der Waals surface area contributed by atoms with Crippen molar-refractivity contribution < 1.29 is 13.2 Å². The van der Waals surface area contributed by atoms with E-state index in [1.54, 1.807) is 35.2 Å². The fraction of sp³-hybridized carbons (Fsp3) is 0.174. The Morgan fingerprint density at radius 1 is 0.844 bits per heavy atom. The molecule has 1 N–H and O–H groups in total. The van der Waals surface area contributed by atoms with E-state index in [0.717, 1.165) is 5.69 Å². The van der Waals surface area contributed by atoms with Gasteiger partial charge in [0.05, 0.1) is 21.2 Å². The maximum atomic E-state index is 13.0. The zero-order chi connectivity index (χ0) is 22.7. The molecule has 166 valence electrons. The molecular formula is C23H21Cl2N3O3S. The third kappa shape index (κ3) is 5.01. The van der Waals surface area contributed by atoms with Crippen molar-refractivity contribution in [2.45, 2.75) is 4.90 Å². The van der Waals surface area contributed by atoms with E-state index in [0.29, 0.717) is 42.5 Å². The Kier molecular flexibility index (Phi) is 6.60. The summed E-state index contributed by atoms with van der Waals surface area (Å²) in [5.41, 5.74) is 1.66. The minimum absolute atomic E-state index is 0.147. The predicted octanol–water partition coefficient (Wildman–Crippen LogP) is 4.76. The number of hydrogen-bond acceptors (Lipinski definition) is 4. The molecule has 0 spiro atoms. The number of rotatable bonds is 5. The number of hydrogen-bond donors (Lipinski definition) is 1. The second kappa shape index (κ2) is 9.40. The molecule has 32 heavy (non-hydrogen) atoms. The standard InChI is InChI=1S/C23H21Cl2N3O3S/c24-17-5-4-6-19(15-17)27-11-13-28(14-12-27)23(29)21-10-9-18(16-22(21)25)26-32(30,31)20-7-2-1-3-8-20/h1-10,15-16,26H,11-14H2. The predicted molar refractivity (Wildman–Crippen MR) is 128 cm³/mol. The van der Waals surface area contributed by atoms with Crippen LogP contribution in [-0.2, 0) is 10.0 Å². The average molecular weight is 490 g/mol. The van der Waals surface area contributed by atoms with Gasteiger partial charge in [0.1, 0.15) is 0 Å². The molecule has 0 unspecified atom stereocenters. The Hall–Kier alpha value is -2.74. The molecule has 1 amide bonds. The van der Waals surface area contributed by atoms with E-state index in [1.165, 1.54) is 18.2 Å². The van der Waals surface area contributed by atoms with Gasteiger partial charge in [-0.15, -0.1) is 0 Å². The van der Waals surface area contributed by atoms with Crippen LogP contribution in [0.2, 0.25) is 10.0 Å². The lowest BCUT2D eigenvalue weighted by molar-refractivity contribution is 0.0747. The van der Waals surface area contributed by atoms with Crippen molar-refractivity contribution in [3.05, 3.63) is 88.4 Å². The van der Waals surface area contributed by atoms with Crippen molar-refractivity contribution in [2.75, 3.05) is 35.8 Å². The van der Waals surface area contributed by atoms with Gasteiger partial charge in [-0.05, 0) is 48.5 Å². The molecule has 3 aromatic rings. The Labute approximate surface area is 197 Å². The van der Waals surface area contributed by atoms with Crippen molar-refractivity contribution in [3.8, 4) is 0 Å². The lowest BCUT2D eigenvalue weighted by atomic mass is 10.1. The van der Waals surface area contributed by atoms with Crippen LogP contribution >= 0.6 is 23.2 Å². The Morgan fingerprint density at radius 3 is 2.22 bits per heavy atom. The summed E-state index contributed by atoms with van der Waals surface area (Å²) in [6, 6.07) is 20.2. The van der Waals surface area contributed by atoms with Crippen molar-refractivity contribution in [3.63, 3.8) is 0 Å². The molecule has 1 heterocycles. The number of nitrogens with zero attached hydrogens (tertiary/aromatic N) is 2. The second-order valence-corrected chi connectivity index (χ2v) is 9.90. The lowest BCUT2D eigenvalue weighted by Gasteiger charge is -2.36. The van der Waals surface area contributed by atoms with Crippen molar-refractivity contribution >= 4 is 50.5 Å².